The molecule has 0 aliphatic heterocycles. The van der Waals surface area contributed by atoms with Gasteiger partial charge >= 0.3 is 0 Å². The standard InChI is InChI=1S/C12H10N4/c1-16-7-4-10-9(2-6-14-12(10)16)11-3-5-13-8-15-11/h2-8H,1H3. The molecule has 0 atom stereocenters. The molecular weight excluding hydrogens is 200 g/mol. The lowest BCUT2D eigenvalue weighted by Crippen LogP contribution is -1.89. The normalized spacial score (nSPS) is 10.8. The van der Waals surface area contributed by atoms with E-state index in [0.717, 1.165) is 22.3 Å². The highest BCUT2D eigenvalue weighted by Gasteiger charge is 2.07. The molecule has 0 bridgehead atoms. The minimum atomic E-state index is 0.925. The van der Waals surface area contributed by atoms with Crippen LogP contribution in [0.25, 0.3) is 22.3 Å². The molecule has 0 aliphatic rings. The summed E-state index contributed by atoms with van der Waals surface area (Å²) >= 11 is 0. The van der Waals surface area contributed by atoms with Crippen LogP contribution in [0.4, 0.5) is 0 Å². The van der Waals surface area contributed by atoms with Crippen molar-refractivity contribution in [3.63, 3.8) is 0 Å². The van der Waals surface area contributed by atoms with Crippen molar-refractivity contribution < 1.29 is 0 Å². The molecule has 3 rings (SSSR count). The average Bonchev–Trinajstić information content (AvgIpc) is 2.73. The summed E-state index contributed by atoms with van der Waals surface area (Å²) in [7, 11) is 1.99. The molecule has 3 aromatic heterocycles. The lowest BCUT2D eigenvalue weighted by Gasteiger charge is -2.02. The monoisotopic (exact) mass is 210 g/mol. The van der Waals surface area contributed by atoms with Gasteiger partial charge in [0.05, 0.1) is 5.69 Å². The largest absolute Gasteiger partial charge is 0.336 e. The number of fused-ring (bicyclic) bond motifs is 1. The molecule has 0 unspecified atom stereocenters. The second kappa shape index (κ2) is 3.41. The lowest BCUT2D eigenvalue weighted by atomic mass is 10.1. The van der Waals surface area contributed by atoms with E-state index in [4.69, 9.17) is 0 Å². The fraction of sp³-hybridized carbons (Fsp3) is 0.0833. The Morgan fingerprint density at radius 2 is 2.00 bits per heavy atom. The fourth-order valence-electron chi connectivity index (χ4n) is 1.84. The van der Waals surface area contributed by atoms with E-state index in [1.165, 1.54) is 0 Å². The summed E-state index contributed by atoms with van der Waals surface area (Å²) in [6.45, 7) is 0. The molecule has 0 N–H and O–H groups in total. The van der Waals surface area contributed by atoms with Crippen molar-refractivity contribution in [1.29, 1.82) is 0 Å². The summed E-state index contributed by atoms with van der Waals surface area (Å²) in [5.41, 5.74) is 2.98. The van der Waals surface area contributed by atoms with Gasteiger partial charge in [-0.25, -0.2) is 15.0 Å². The van der Waals surface area contributed by atoms with Crippen molar-refractivity contribution in [2.24, 2.45) is 7.05 Å². The third-order valence-electron chi connectivity index (χ3n) is 2.63. The third-order valence-corrected chi connectivity index (χ3v) is 2.63. The smallest absolute Gasteiger partial charge is 0.140 e. The number of aryl methyl sites for hydroxylation is 1. The highest BCUT2D eigenvalue weighted by molar-refractivity contribution is 5.91. The van der Waals surface area contributed by atoms with E-state index in [1.807, 2.05) is 29.9 Å². The molecule has 0 amide bonds. The number of rotatable bonds is 1. The molecule has 0 aromatic carbocycles. The Labute approximate surface area is 92.6 Å². The van der Waals surface area contributed by atoms with Gasteiger partial charge in [-0.1, -0.05) is 0 Å². The SMILES string of the molecule is Cn1ccc2c(-c3ccncn3)ccnc21. The molecular formula is C12H10N4. The minimum absolute atomic E-state index is 0.925. The summed E-state index contributed by atoms with van der Waals surface area (Å²) in [5, 5.41) is 1.11. The maximum Gasteiger partial charge on any atom is 0.140 e. The maximum absolute atomic E-state index is 4.35. The molecule has 16 heavy (non-hydrogen) atoms. The van der Waals surface area contributed by atoms with Crippen LogP contribution in [0.2, 0.25) is 0 Å². The Hall–Kier alpha value is -2.23. The van der Waals surface area contributed by atoms with Crippen LogP contribution in [0.15, 0.2) is 43.1 Å². The van der Waals surface area contributed by atoms with Gasteiger partial charge < -0.3 is 4.57 Å². The van der Waals surface area contributed by atoms with Gasteiger partial charge in [0.15, 0.2) is 0 Å². The predicted molar refractivity (Wildman–Crippen MR) is 61.7 cm³/mol. The first-order valence-corrected chi connectivity index (χ1v) is 5.03. The molecule has 0 fully saturated rings. The lowest BCUT2D eigenvalue weighted by molar-refractivity contribution is 0.948. The molecule has 0 saturated carbocycles. The van der Waals surface area contributed by atoms with Gasteiger partial charge in [0.25, 0.3) is 0 Å². The van der Waals surface area contributed by atoms with Gasteiger partial charge in [0, 0.05) is 36.6 Å². The number of pyridine rings is 1. The van der Waals surface area contributed by atoms with Crippen molar-refractivity contribution in [3.05, 3.63) is 43.1 Å². The van der Waals surface area contributed by atoms with Crippen LogP contribution < -0.4 is 0 Å². The van der Waals surface area contributed by atoms with E-state index in [2.05, 4.69) is 21.0 Å². The van der Waals surface area contributed by atoms with Crippen LogP contribution in [-0.4, -0.2) is 19.5 Å². The highest BCUT2D eigenvalue weighted by Crippen LogP contribution is 2.25. The summed E-state index contributed by atoms with van der Waals surface area (Å²) in [6.07, 6.45) is 7.12. The fourth-order valence-corrected chi connectivity index (χ4v) is 1.84. The number of nitrogens with zero attached hydrogens (tertiary/aromatic N) is 4. The quantitative estimate of drug-likeness (QED) is 0.617. The van der Waals surface area contributed by atoms with Crippen LogP contribution in [0.3, 0.4) is 0 Å². The number of aromatic nitrogens is 4. The third kappa shape index (κ3) is 1.27. The molecule has 3 aromatic rings. The molecule has 3 heterocycles. The Bertz CT molecular complexity index is 628. The molecule has 0 radical (unpaired) electrons. The Balaban J connectivity index is 2.32. The van der Waals surface area contributed by atoms with E-state index in [-0.39, 0.29) is 0 Å². The summed E-state index contributed by atoms with van der Waals surface area (Å²) < 4.78 is 2.00. The molecule has 0 aliphatic carbocycles. The molecule has 4 nitrogen and oxygen atoms in total. The predicted octanol–water partition coefficient (Wildman–Crippen LogP) is 2.03. The van der Waals surface area contributed by atoms with Gasteiger partial charge in [-0.05, 0) is 18.2 Å². The van der Waals surface area contributed by atoms with E-state index in [0.29, 0.717) is 0 Å². The molecule has 4 heteroatoms. The van der Waals surface area contributed by atoms with Gasteiger partial charge in [-0.2, -0.15) is 0 Å². The summed E-state index contributed by atoms with van der Waals surface area (Å²) in [6, 6.07) is 5.94. The molecule has 78 valence electrons. The van der Waals surface area contributed by atoms with Crippen LogP contribution in [0.5, 0.6) is 0 Å². The maximum atomic E-state index is 4.35. The van der Waals surface area contributed by atoms with Crippen molar-refractivity contribution in [1.82, 2.24) is 19.5 Å². The Morgan fingerprint density at radius 1 is 1.06 bits per heavy atom. The molecule has 0 saturated heterocycles. The summed E-state index contributed by atoms with van der Waals surface area (Å²) in [4.78, 5) is 12.5. The zero-order chi connectivity index (χ0) is 11.0. The van der Waals surface area contributed by atoms with Crippen molar-refractivity contribution in [2.75, 3.05) is 0 Å². The second-order valence-electron chi connectivity index (χ2n) is 3.62. The van der Waals surface area contributed by atoms with E-state index in [9.17, 15) is 0 Å². The van der Waals surface area contributed by atoms with Crippen LogP contribution >= 0.6 is 0 Å². The zero-order valence-electron chi connectivity index (χ0n) is 8.83. The average molecular weight is 210 g/mol. The van der Waals surface area contributed by atoms with Gasteiger partial charge in [0.1, 0.15) is 12.0 Å². The second-order valence-corrected chi connectivity index (χ2v) is 3.62. The Kier molecular flexibility index (Phi) is 1.93. The minimum Gasteiger partial charge on any atom is -0.336 e. The van der Waals surface area contributed by atoms with Crippen molar-refractivity contribution >= 4 is 11.0 Å². The van der Waals surface area contributed by atoms with Crippen molar-refractivity contribution in [3.8, 4) is 11.3 Å². The van der Waals surface area contributed by atoms with E-state index < -0.39 is 0 Å². The first-order valence-electron chi connectivity index (χ1n) is 5.03. The number of hydrogen-bond donors (Lipinski definition) is 0. The van der Waals surface area contributed by atoms with E-state index in [1.54, 1.807) is 18.7 Å². The topological polar surface area (TPSA) is 43.6 Å². The number of hydrogen-bond acceptors (Lipinski definition) is 3. The summed E-state index contributed by atoms with van der Waals surface area (Å²) in [5.74, 6) is 0. The first kappa shape index (κ1) is 9.03. The zero-order valence-corrected chi connectivity index (χ0v) is 8.83. The van der Waals surface area contributed by atoms with Crippen LogP contribution in [0.1, 0.15) is 0 Å². The van der Waals surface area contributed by atoms with Crippen LogP contribution in [0, 0.1) is 0 Å². The van der Waals surface area contributed by atoms with Gasteiger partial charge in [0.2, 0.25) is 0 Å². The highest BCUT2D eigenvalue weighted by atomic mass is 15.0. The van der Waals surface area contributed by atoms with E-state index >= 15 is 0 Å². The van der Waals surface area contributed by atoms with Gasteiger partial charge in [-0.3, -0.25) is 0 Å². The first-order chi connectivity index (χ1) is 7.86. The van der Waals surface area contributed by atoms with Crippen LogP contribution in [-0.2, 0) is 7.05 Å². The van der Waals surface area contributed by atoms with Crippen molar-refractivity contribution in [2.45, 2.75) is 0 Å². The van der Waals surface area contributed by atoms with Gasteiger partial charge in [-0.15, -0.1) is 0 Å². The Morgan fingerprint density at radius 3 is 2.81 bits per heavy atom. The molecule has 0 spiro atoms.